The molecule has 1 N–H and O–H groups in total. The Morgan fingerprint density at radius 2 is 2.00 bits per heavy atom. The maximum Gasteiger partial charge on any atom is 0.306 e. The maximum absolute atomic E-state index is 13.0. The summed E-state index contributed by atoms with van der Waals surface area (Å²) in [5.74, 6) is -2.02. The normalized spacial score (nSPS) is 11.1. The van der Waals surface area contributed by atoms with E-state index >= 15 is 0 Å². The maximum atomic E-state index is 13.0. The molecule has 0 atom stereocenters. The summed E-state index contributed by atoms with van der Waals surface area (Å²) in [5, 5.41) is 12.5. The molecule has 0 saturated carbocycles. The summed E-state index contributed by atoms with van der Waals surface area (Å²) < 4.78 is 10.8. The molecule has 5 nitrogen and oxygen atoms in total. The van der Waals surface area contributed by atoms with Crippen LogP contribution >= 0.6 is 34.8 Å². The first-order valence-corrected chi connectivity index (χ1v) is 5.17. The zero-order valence-corrected chi connectivity index (χ0v) is 10.2. The van der Waals surface area contributed by atoms with Gasteiger partial charge in [0.1, 0.15) is 0 Å². The van der Waals surface area contributed by atoms with Crippen molar-refractivity contribution in [2.24, 2.45) is 0 Å². The molecule has 1 aromatic carbocycles. The highest BCUT2D eigenvalue weighted by atomic mass is 35.6. The average molecular weight is 301 g/mol. The number of rotatable bonds is 2. The number of carbonyl (C=O) groups is 1. The van der Waals surface area contributed by atoms with Crippen LogP contribution in [0.2, 0.25) is 0 Å². The number of anilines is 1. The van der Waals surface area contributed by atoms with Gasteiger partial charge >= 0.3 is 5.69 Å². The van der Waals surface area contributed by atoms with Crippen molar-refractivity contribution in [3.63, 3.8) is 0 Å². The number of halogens is 4. The number of amides is 1. The molecule has 0 saturated heterocycles. The third-order valence-corrected chi connectivity index (χ3v) is 2.17. The third-order valence-electron chi connectivity index (χ3n) is 1.66. The Hall–Kier alpha value is -1.11. The Balaban J connectivity index is 2.98. The topological polar surface area (TPSA) is 72.2 Å². The van der Waals surface area contributed by atoms with E-state index in [-0.39, 0.29) is 5.69 Å². The molecule has 0 spiro atoms. The molecule has 1 aromatic rings. The van der Waals surface area contributed by atoms with E-state index in [0.29, 0.717) is 0 Å². The van der Waals surface area contributed by atoms with Crippen molar-refractivity contribution in [2.45, 2.75) is 3.79 Å². The molecule has 0 heterocycles. The summed E-state index contributed by atoms with van der Waals surface area (Å²) in [7, 11) is 0. The largest absolute Gasteiger partial charge is 0.322 e. The molecule has 0 aliphatic rings. The van der Waals surface area contributed by atoms with Crippen molar-refractivity contribution < 1.29 is 14.1 Å². The Labute approximate surface area is 110 Å². The summed E-state index contributed by atoms with van der Waals surface area (Å²) in [6.45, 7) is 0. The van der Waals surface area contributed by atoms with Gasteiger partial charge in [0.25, 0.3) is 9.70 Å². The molecule has 1 rings (SSSR count). The van der Waals surface area contributed by atoms with Gasteiger partial charge in [-0.05, 0) is 12.1 Å². The van der Waals surface area contributed by atoms with Crippen LogP contribution in [0.25, 0.3) is 0 Å². The smallest absolute Gasteiger partial charge is 0.306 e. The van der Waals surface area contributed by atoms with Crippen molar-refractivity contribution in [1.82, 2.24) is 0 Å². The first-order valence-electron chi connectivity index (χ1n) is 4.04. The van der Waals surface area contributed by atoms with Gasteiger partial charge in [-0.1, -0.05) is 34.8 Å². The number of nitrogens with zero attached hydrogens (tertiary/aromatic N) is 1. The van der Waals surface area contributed by atoms with E-state index in [0.717, 1.165) is 18.2 Å². The molecule has 0 aromatic heterocycles. The quantitative estimate of drug-likeness (QED) is 0.518. The van der Waals surface area contributed by atoms with E-state index in [1.54, 1.807) is 0 Å². The molecule has 9 heteroatoms. The molecule has 0 aliphatic carbocycles. The number of carbonyl (C=O) groups excluding carboxylic acids is 1. The minimum absolute atomic E-state index is 0.0468. The number of nitro groups is 1. The van der Waals surface area contributed by atoms with Crippen LogP contribution in [-0.4, -0.2) is 14.6 Å². The van der Waals surface area contributed by atoms with Crippen LogP contribution in [0.15, 0.2) is 18.2 Å². The number of alkyl halides is 3. The van der Waals surface area contributed by atoms with Crippen LogP contribution in [0.4, 0.5) is 15.8 Å². The minimum atomic E-state index is -2.21. The summed E-state index contributed by atoms with van der Waals surface area (Å²) in [6.07, 6.45) is 0. The fourth-order valence-electron chi connectivity index (χ4n) is 0.932. The van der Waals surface area contributed by atoms with Crippen molar-refractivity contribution in [3.8, 4) is 0 Å². The average Bonchev–Trinajstić information content (AvgIpc) is 2.19. The lowest BCUT2D eigenvalue weighted by molar-refractivity contribution is -0.387. The van der Waals surface area contributed by atoms with Crippen LogP contribution in [-0.2, 0) is 4.79 Å². The summed E-state index contributed by atoms with van der Waals surface area (Å²) >= 11 is 15.8. The van der Waals surface area contributed by atoms with Crippen molar-refractivity contribution in [1.29, 1.82) is 0 Å². The van der Waals surface area contributed by atoms with Gasteiger partial charge in [-0.15, -0.1) is 0 Å². The van der Waals surface area contributed by atoms with Gasteiger partial charge in [0, 0.05) is 11.8 Å². The van der Waals surface area contributed by atoms with Gasteiger partial charge in [0.2, 0.25) is 5.82 Å². The third kappa shape index (κ3) is 3.69. The first-order chi connectivity index (χ1) is 7.71. The Bertz CT molecular complexity index is 476. The van der Waals surface area contributed by atoms with E-state index in [1.807, 2.05) is 0 Å². The molecule has 0 bridgehead atoms. The fraction of sp³-hybridized carbons (Fsp3) is 0.125. The van der Waals surface area contributed by atoms with E-state index in [9.17, 15) is 19.3 Å². The molecule has 0 fully saturated rings. The Morgan fingerprint density at radius 1 is 1.41 bits per heavy atom. The molecular formula is C8H4Cl3FN2O3. The van der Waals surface area contributed by atoms with Crippen LogP contribution < -0.4 is 5.32 Å². The van der Waals surface area contributed by atoms with Gasteiger partial charge in [-0.25, -0.2) is 0 Å². The zero-order valence-electron chi connectivity index (χ0n) is 7.92. The van der Waals surface area contributed by atoms with Crippen molar-refractivity contribution >= 4 is 52.1 Å². The SMILES string of the molecule is O=C(Nc1ccc(F)c([N+](=O)[O-])c1)C(Cl)(Cl)Cl. The lowest BCUT2D eigenvalue weighted by Gasteiger charge is -2.11. The fourth-order valence-corrected chi connectivity index (χ4v) is 1.07. The lowest BCUT2D eigenvalue weighted by Crippen LogP contribution is -2.26. The second kappa shape index (κ2) is 5.03. The van der Waals surface area contributed by atoms with E-state index in [1.165, 1.54) is 0 Å². The Kier molecular flexibility index (Phi) is 4.13. The van der Waals surface area contributed by atoms with Crippen molar-refractivity contribution in [3.05, 3.63) is 34.1 Å². The second-order valence-corrected chi connectivity index (χ2v) is 5.16. The minimum Gasteiger partial charge on any atom is -0.322 e. The summed E-state index contributed by atoms with van der Waals surface area (Å²) in [4.78, 5) is 20.7. The molecule has 92 valence electrons. The van der Waals surface area contributed by atoms with Crippen LogP contribution in [0.5, 0.6) is 0 Å². The number of nitrogens with one attached hydrogen (secondary N) is 1. The lowest BCUT2D eigenvalue weighted by atomic mass is 10.2. The highest BCUT2D eigenvalue weighted by Gasteiger charge is 2.31. The molecule has 0 aliphatic heterocycles. The Morgan fingerprint density at radius 3 is 2.47 bits per heavy atom. The van der Waals surface area contributed by atoms with E-state index in [2.05, 4.69) is 5.32 Å². The molecule has 0 radical (unpaired) electrons. The van der Waals surface area contributed by atoms with Gasteiger partial charge in [0.15, 0.2) is 0 Å². The van der Waals surface area contributed by atoms with E-state index < -0.39 is 26.1 Å². The molecule has 17 heavy (non-hydrogen) atoms. The van der Waals surface area contributed by atoms with Gasteiger partial charge in [0.05, 0.1) is 4.92 Å². The number of nitro benzene ring substituents is 1. The number of hydrogen-bond acceptors (Lipinski definition) is 3. The molecule has 0 unspecified atom stereocenters. The predicted molar refractivity (Wildman–Crippen MR) is 62.0 cm³/mol. The zero-order chi connectivity index (χ0) is 13.2. The number of hydrogen-bond donors (Lipinski definition) is 1. The van der Waals surface area contributed by atoms with Crippen molar-refractivity contribution in [2.75, 3.05) is 5.32 Å². The predicted octanol–water partition coefficient (Wildman–Crippen LogP) is 3.04. The van der Waals surface area contributed by atoms with Gasteiger partial charge in [-0.2, -0.15) is 4.39 Å². The highest BCUT2D eigenvalue weighted by Crippen LogP contribution is 2.29. The molecule has 1 amide bonds. The summed E-state index contributed by atoms with van der Waals surface area (Å²) in [5.41, 5.74) is -0.832. The van der Waals surface area contributed by atoms with Crippen LogP contribution in [0.1, 0.15) is 0 Å². The van der Waals surface area contributed by atoms with Crippen LogP contribution in [0.3, 0.4) is 0 Å². The summed E-state index contributed by atoms with van der Waals surface area (Å²) in [6, 6.07) is 2.76. The van der Waals surface area contributed by atoms with Gasteiger partial charge in [-0.3, -0.25) is 14.9 Å². The van der Waals surface area contributed by atoms with Gasteiger partial charge < -0.3 is 5.32 Å². The van der Waals surface area contributed by atoms with E-state index in [4.69, 9.17) is 34.8 Å². The molecular weight excluding hydrogens is 297 g/mol. The number of benzene rings is 1. The monoisotopic (exact) mass is 300 g/mol. The van der Waals surface area contributed by atoms with Crippen LogP contribution in [0, 0.1) is 15.9 Å². The highest BCUT2D eigenvalue weighted by molar-refractivity contribution is 6.76. The second-order valence-electron chi connectivity index (χ2n) is 2.88. The first kappa shape index (κ1) is 14.0. The standard InChI is InChI=1S/C8H4Cl3FN2O3/c9-8(10,11)7(15)13-4-1-2-5(12)6(3-4)14(16)17/h1-3H,(H,13,15).